The number of halogens is 1. The van der Waals surface area contributed by atoms with E-state index in [0.717, 1.165) is 17.9 Å². The number of aromatic nitrogens is 3. The summed E-state index contributed by atoms with van der Waals surface area (Å²) in [6.07, 6.45) is 0.953. The number of aromatic amines is 1. The lowest BCUT2D eigenvalue weighted by atomic mass is 9.81. The third-order valence-electron chi connectivity index (χ3n) is 5.22. The van der Waals surface area contributed by atoms with Gasteiger partial charge >= 0.3 is 0 Å². The summed E-state index contributed by atoms with van der Waals surface area (Å²) >= 11 is 0. The van der Waals surface area contributed by atoms with Crippen molar-refractivity contribution in [2.45, 2.75) is 79.7 Å². The van der Waals surface area contributed by atoms with Crippen LogP contribution >= 0.6 is 0 Å². The summed E-state index contributed by atoms with van der Waals surface area (Å²) in [7, 11) is 0. The number of carbonyl (C=O) groups excluding carboxylic acids is 1. The molecule has 2 aromatic heterocycles. The number of benzene rings is 1. The van der Waals surface area contributed by atoms with Crippen molar-refractivity contribution in [3.63, 3.8) is 0 Å². The van der Waals surface area contributed by atoms with E-state index in [1.54, 1.807) is 12.1 Å². The fraction of sp³-hybridized carbons (Fsp3) is 0.520. The van der Waals surface area contributed by atoms with Crippen LogP contribution < -0.4 is 10.6 Å². The molecule has 174 valence electrons. The van der Waals surface area contributed by atoms with E-state index in [2.05, 4.69) is 71.1 Å². The molecule has 3 N–H and O–H groups in total. The van der Waals surface area contributed by atoms with Gasteiger partial charge in [-0.15, -0.1) is 0 Å². The van der Waals surface area contributed by atoms with Gasteiger partial charge < -0.3 is 10.6 Å². The summed E-state index contributed by atoms with van der Waals surface area (Å²) in [5, 5.41) is 9.88. The Morgan fingerprint density at radius 2 is 1.66 bits per heavy atom. The first kappa shape index (κ1) is 23.8. The van der Waals surface area contributed by atoms with Gasteiger partial charge in [-0.3, -0.25) is 9.89 Å². The van der Waals surface area contributed by atoms with E-state index in [9.17, 15) is 9.18 Å². The number of nitrogens with zero attached hydrogens (tertiary/aromatic N) is 2. The molecule has 0 atom stereocenters. The Bertz CT molecular complexity index is 1120. The summed E-state index contributed by atoms with van der Waals surface area (Å²) < 4.78 is 15.1. The molecule has 0 bridgehead atoms. The molecule has 32 heavy (non-hydrogen) atoms. The van der Waals surface area contributed by atoms with Gasteiger partial charge in [-0.1, -0.05) is 41.5 Å². The van der Waals surface area contributed by atoms with E-state index in [1.165, 1.54) is 12.1 Å². The number of hydrogen-bond donors (Lipinski definition) is 3. The van der Waals surface area contributed by atoms with Crippen LogP contribution in [-0.2, 0) is 5.41 Å². The maximum atomic E-state index is 13.2. The zero-order chi connectivity index (χ0) is 24.1. The lowest BCUT2D eigenvalue weighted by molar-refractivity contribution is 0.102. The van der Waals surface area contributed by atoms with Gasteiger partial charge in [0.15, 0.2) is 11.5 Å². The number of fused-ring (bicyclic) bond motifs is 1. The predicted octanol–water partition coefficient (Wildman–Crippen LogP) is 6.29. The van der Waals surface area contributed by atoms with E-state index in [0.29, 0.717) is 22.6 Å². The topological polar surface area (TPSA) is 74.2 Å². The molecule has 1 aromatic carbocycles. The summed E-state index contributed by atoms with van der Waals surface area (Å²) in [6.45, 7) is 19.2. The Morgan fingerprint density at radius 3 is 2.19 bits per heavy atom. The zero-order valence-corrected chi connectivity index (χ0v) is 20.7. The zero-order valence-electron chi connectivity index (χ0n) is 20.7. The van der Waals surface area contributed by atoms with Crippen molar-refractivity contribution in [3.8, 4) is 0 Å². The monoisotopic (exact) mass is 441 g/mol. The quantitative estimate of drug-likeness (QED) is 0.436. The van der Waals surface area contributed by atoms with Crippen molar-refractivity contribution >= 4 is 23.1 Å². The fourth-order valence-corrected chi connectivity index (χ4v) is 4.42. The van der Waals surface area contributed by atoms with E-state index in [1.807, 2.05) is 11.4 Å². The average molecular weight is 442 g/mol. The molecule has 3 aromatic rings. The molecular formula is C25H36FN5O. The number of anilines is 2. The van der Waals surface area contributed by atoms with Gasteiger partial charge in [0.1, 0.15) is 11.4 Å². The first-order valence-corrected chi connectivity index (χ1v) is 11.0. The van der Waals surface area contributed by atoms with Gasteiger partial charge in [-0.2, -0.15) is 0 Å². The van der Waals surface area contributed by atoms with E-state index >= 15 is 0 Å². The Labute approximate surface area is 190 Å². The molecule has 3 rings (SSSR count). The molecule has 7 heteroatoms. The van der Waals surface area contributed by atoms with Crippen molar-refractivity contribution in [1.29, 1.82) is 0 Å². The number of amides is 1. The normalized spacial score (nSPS) is 12.9. The Kier molecular flexibility index (Phi) is 5.91. The van der Waals surface area contributed by atoms with Gasteiger partial charge in [0.2, 0.25) is 0 Å². The summed E-state index contributed by atoms with van der Waals surface area (Å²) in [6, 6.07) is 5.73. The van der Waals surface area contributed by atoms with Crippen molar-refractivity contribution in [3.05, 3.63) is 47.0 Å². The molecule has 0 unspecified atom stereocenters. The Morgan fingerprint density at radius 1 is 1.06 bits per heavy atom. The van der Waals surface area contributed by atoms with Crippen LogP contribution in [-0.4, -0.2) is 26.0 Å². The summed E-state index contributed by atoms with van der Waals surface area (Å²) in [4.78, 5) is 18.1. The third-order valence-corrected chi connectivity index (χ3v) is 5.22. The van der Waals surface area contributed by atoms with Crippen LogP contribution in [0.15, 0.2) is 24.3 Å². The van der Waals surface area contributed by atoms with Crippen molar-refractivity contribution in [2.75, 3.05) is 10.6 Å². The fourth-order valence-electron chi connectivity index (χ4n) is 4.42. The van der Waals surface area contributed by atoms with Crippen molar-refractivity contribution < 1.29 is 9.18 Å². The van der Waals surface area contributed by atoms with Gasteiger partial charge in [0, 0.05) is 22.3 Å². The molecule has 0 spiro atoms. The molecule has 6 nitrogen and oxygen atoms in total. The number of rotatable bonds is 5. The Hall–Kier alpha value is -2.83. The number of aryl methyl sites for hydroxylation is 1. The van der Waals surface area contributed by atoms with E-state index < -0.39 is 0 Å². The first-order valence-electron chi connectivity index (χ1n) is 11.0. The maximum Gasteiger partial charge on any atom is 0.261 e. The second-order valence-corrected chi connectivity index (χ2v) is 11.5. The van der Waals surface area contributed by atoms with Crippen LogP contribution in [0.3, 0.4) is 0 Å². The highest BCUT2D eigenvalue weighted by Crippen LogP contribution is 2.36. The number of hydrogen-bond acceptors (Lipinski definition) is 3. The van der Waals surface area contributed by atoms with Gasteiger partial charge in [0.05, 0.1) is 5.69 Å². The van der Waals surface area contributed by atoms with E-state index in [-0.39, 0.29) is 28.1 Å². The number of nitrogens with one attached hydrogen (secondary N) is 3. The predicted molar refractivity (Wildman–Crippen MR) is 129 cm³/mol. The Balaban J connectivity index is 2.07. The van der Waals surface area contributed by atoms with Crippen LogP contribution in [0.5, 0.6) is 0 Å². The smallest absolute Gasteiger partial charge is 0.261 e. The standard InChI is InChI=1S/C25H36FN5O/c1-15-18(22(32)27-17-12-10-16(26)11-13-17)20-28-19(24(5,6)7)21(31(20)30-15)29-25(8,9)14-23(2,3)4/h10-13,29-30H,14H2,1-9H3,(H,27,32). The molecular weight excluding hydrogens is 405 g/mol. The second-order valence-electron chi connectivity index (χ2n) is 11.5. The van der Waals surface area contributed by atoms with Crippen LogP contribution in [0.4, 0.5) is 15.9 Å². The molecule has 0 aliphatic heterocycles. The molecule has 1 amide bonds. The molecule has 2 heterocycles. The largest absolute Gasteiger partial charge is 0.364 e. The lowest BCUT2D eigenvalue weighted by Crippen LogP contribution is -2.36. The molecule has 0 saturated heterocycles. The third kappa shape index (κ3) is 5.14. The molecule has 0 aliphatic carbocycles. The lowest BCUT2D eigenvalue weighted by Gasteiger charge is -2.34. The number of imidazole rings is 1. The van der Waals surface area contributed by atoms with Crippen LogP contribution in [0.2, 0.25) is 0 Å². The minimum atomic E-state index is -0.347. The highest BCUT2D eigenvalue weighted by atomic mass is 19.1. The van der Waals surface area contributed by atoms with Crippen molar-refractivity contribution in [2.24, 2.45) is 5.41 Å². The summed E-state index contributed by atoms with van der Waals surface area (Å²) in [5.74, 6) is 0.233. The molecule has 0 saturated carbocycles. The number of H-pyrrole nitrogens is 1. The second kappa shape index (κ2) is 7.94. The summed E-state index contributed by atoms with van der Waals surface area (Å²) in [5.41, 5.74) is 2.90. The van der Waals surface area contributed by atoms with Crippen LogP contribution in [0, 0.1) is 18.2 Å². The first-order chi connectivity index (χ1) is 14.6. The average Bonchev–Trinajstić information content (AvgIpc) is 3.09. The molecule has 0 aliphatic rings. The van der Waals surface area contributed by atoms with Gasteiger partial charge in [-0.05, 0) is 56.9 Å². The van der Waals surface area contributed by atoms with Crippen LogP contribution in [0.25, 0.3) is 5.65 Å². The number of carbonyl (C=O) groups is 1. The molecule has 0 fully saturated rings. The molecule has 0 radical (unpaired) electrons. The highest BCUT2D eigenvalue weighted by molar-refractivity contribution is 6.09. The van der Waals surface area contributed by atoms with E-state index in [4.69, 9.17) is 4.98 Å². The van der Waals surface area contributed by atoms with Gasteiger partial charge in [0.25, 0.3) is 5.91 Å². The van der Waals surface area contributed by atoms with Gasteiger partial charge in [-0.25, -0.2) is 13.9 Å². The van der Waals surface area contributed by atoms with Crippen LogP contribution in [0.1, 0.15) is 83.6 Å². The minimum absolute atomic E-state index is 0.147. The minimum Gasteiger partial charge on any atom is -0.364 e. The van der Waals surface area contributed by atoms with Crippen molar-refractivity contribution in [1.82, 2.24) is 14.6 Å². The maximum absolute atomic E-state index is 13.2. The SMILES string of the molecule is Cc1[nH]n2c(NC(C)(C)CC(C)(C)C)c(C(C)(C)C)nc2c1C(=O)Nc1ccc(F)cc1. The highest BCUT2D eigenvalue weighted by Gasteiger charge is 2.33.